The Kier molecular flexibility index (Phi) is 2.79. The Morgan fingerprint density at radius 1 is 1.15 bits per heavy atom. The molecular weight excluding hydrogens is 252 g/mol. The zero-order chi connectivity index (χ0) is 14.3. The molecule has 1 N–H and O–H groups in total. The first-order chi connectivity index (χ1) is 9.54. The van der Waals surface area contributed by atoms with Crippen LogP contribution in [-0.2, 0) is 0 Å². The minimum absolute atomic E-state index is 0.252. The number of carboxylic acids is 1. The molecular formula is C16H14N2O2. The van der Waals surface area contributed by atoms with Crippen molar-refractivity contribution in [3.8, 4) is 11.3 Å². The summed E-state index contributed by atoms with van der Waals surface area (Å²) in [5, 5.41) is 9.01. The third-order valence-electron chi connectivity index (χ3n) is 3.37. The Labute approximate surface area is 116 Å². The molecule has 0 aliphatic heterocycles. The number of hydrogen-bond donors (Lipinski definition) is 1. The lowest BCUT2D eigenvalue weighted by Crippen LogP contribution is -1.97. The van der Waals surface area contributed by atoms with Crippen LogP contribution in [0.25, 0.3) is 16.9 Å². The molecule has 20 heavy (non-hydrogen) atoms. The highest BCUT2D eigenvalue weighted by Crippen LogP contribution is 2.24. The molecule has 3 aromatic rings. The number of benzene rings is 1. The largest absolute Gasteiger partial charge is 0.478 e. The third-order valence-corrected chi connectivity index (χ3v) is 3.37. The van der Waals surface area contributed by atoms with Crippen LogP contribution < -0.4 is 0 Å². The average molecular weight is 266 g/mol. The first kappa shape index (κ1) is 12.4. The second kappa shape index (κ2) is 4.49. The van der Waals surface area contributed by atoms with Crippen molar-refractivity contribution < 1.29 is 9.90 Å². The lowest BCUT2D eigenvalue weighted by atomic mass is 10.0. The fourth-order valence-corrected chi connectivity index (χ4v) is 2.26. The Morgan fingerprint density at radius 2 is 1.95 bits per heavy atom. The Hall–Kier alpha value is -2.62. The van der Waals surface area contributed by atoms with Crippen LogP contribution in [0.3, 0.4) is 0 Å². The molecule has 0 radical (unpaired) electrons. The molecule has 0 spiro atoms. The summed E-state index contributed by atoms with van der Waals surface area (Å²) in [5.41, 5.74) is 5.25. The van der Waals surface area contributed by atoms with Crippen molar-refractivity contribution in [2.45, 2.75) is 13.8 Å². The lowest BCUT2D eigenvalue weighted by molar-refractivity contribution is 0.0696. The molecule has 3 rings (SSSR count). The van der Waals surface area contributed by atoms with Crippen molar-refractivity contribution in [1.29, 1.82) is 0 Å². The Balaban J connectivity index is 2.17. The van der Waals surface area contributed by atoms with E-state index in [1.807, 2.05) is 20.0 Å². The maximum Gasteiger partial charge on any atom is 0.337 e. The van der Waals surface area contributed by atoms with E-state index in [1.54, 1.807) is 22.7 Å². The predicted molar refractivity (Wildman–Crippen MR) is 77.1 cm³/mol. The fraction of sp³-hybridized carbons (Fsp3) is 0.125. The Bertz CT molecular complexity index is 818. The molecule has 100 valence electrons. The van der Waals surface area contributed by atoms with E-state index in [1.165, 1.54) is 5.56 Å². The van der Waals surface area contributed by atoms with E-state index in [0.29, 0.717) is 0 Å². The van der Waals surface area contributed by atoms with Crippen LogP contribution in [0.4, 0.5) is 0 Å². The van der Waals surface area contributed by atoms with Gasteiger partial charge < -0.3 is 9.51 Å². The van der Waals surface area contributed by atoms with Crippen molar-refractivity contribution in [2.75, 3.05) is 0 Å². The van der Waals surface area contributed by atoms with Crippen LogP contribution in [0.15, 0.2) is 42.7 Å². The highest BCUT2D eigenvalue weighted by molar-refractivity contribution is 5.87. The quantitative estimate of drug-likeness (QED) is 0.774. The SMILES string of the molecule is Cc1ccc(C)c(-c2cn3cc(C(=O)O)ccc3n2)c1. The molecule has 0 saturated carbocycles. The summed E-state index contributed by atoms with van der Waals surface area (Å²) in [5.74, 6) is -0.936. The summed E-state index contributed by atoms with van der Waals surface area (Å²) in [7, 11) is 0. The number of nitrogens with zero attached hydrogens (tertiary/aromatic N) is 2. The van der Waals surface area contributed by atoms with Crippen molar-refractivity contribution in [3.05, 3.63) is 59.4 Å². The van der Waals surface area contributed by atoms with Gasteiger partial charge in [-0.05, 0) is 37.6 Å². The highest BCUT2D eigenvalue weighted by Gasteiger charge is 2.09. The number of fused-ring (bicyclic) bond motifs is 1. The molecule has 2 heterocycles. The first-order valence-corrected chi connectivity index (χ1v) is 6.34. The van der Waals surface area contributed by atoms with Gasteiger partial charge >= 0.3 is 5.97 Å². The molecule has 0 aliphatic rings. The van der Waals surface area contributed by atoms with E-state index in [9.17, 15) is 4.79 Å². The number of aryl methyl sites for hydroxylation is 2. The van der Waals surface area contributed by atoms with Crippen LogP contribution in [0.1, 0.15) is 21.5 Å². The monoisotopic (exact) mass is 266 g/mol. The molecule has 0 bridgehead atoms. The molecule has 0 fully saturated rings. The number of hydrogen-bond acceptors (Lipinski definition) is 2. The van der Waals surface area contributed by atoms with Crippen molar-refractivity contribution in [3.63, 3.8) is 0 Å². The van der Waals surface area contributed by atoms with E-state index in [-0.39, 0.29) is 5.56 Å². The molecule has 1 aromatic carbocycles. The fourth-order valence-electron chi connectivity index (χ4n) is 2.26. The first-order valence-electron chi connectivity index (χ1n) is 6.34. The topological polar surface area (TPSA) is 54.6 Å². The van der Waals surface area contributed by atoms with Gasteiger partial charge in [-0.2, -0.15) is 0 Å². The number of rotatable bonds is 2. The summed E-state index contributed by atoms with van der Waals surface area (Å²) in [6.07, 6.45) is 3.45. The van der Waals surface area contributed by atoms with Gasteiger partial charge in [-0.25, -0.2) is 9.78 Å². The number of pyridine rings is 1. The zero-order valence-corrected chi connectivity index (χ0v) is 11.3. The van der Waals surface area contributed by atoms with Gasteiger partial charge in [-0.3, -0.25) is 0 Å². The molecule has 0 amide bonds. The van der Waals surface area contributed by atoms with E-state index >= 15 is 0 Å². The van der Waals surface area contributed by atoms with Crippen LogP contribution in [0.5, 0.6) is 0 Å². The van der Waals surface area contributed by atoms with Crippen molar-refractivity contribution in [1.82, 2.24) is 9.38 Å². The van der Waals surface area contributed by atoms with Crippen LogP contribution >= 0.6 is 0 Å². The van der Waals surface area contributed by atoms with Crippen molar-refractivity contribution >= 4 is 11.6 Å². The summed E-state index contributed by atoms with van der Waals surface area (Å²) < 4.78 is 1.75. The van der Waals surface area contributed by atoms with E-state index in [4.69, 9.17) is 5.11 Å². The smallest absolute Gasteiger partial charge is 0.337 e. The summed E-state index contributed by atoms with van der Waals surface area (Å²) >= 11 is 0. The number of aromatic nitrogens is 2. The van der Waals surface area contributed by atoms with E-state index < -0.39 is 5.97 Å². The molecule has 0 saturated heterocycles. The normalized spacial score (nSPS) is 10.9. The number of carbonyl (C=O) groups is 1. The van der Waals surface area contributed by atoms with Crippen LogP contribution in [-0.4, -0.2) is 20.5 Å². The van der Waals surface area contributed by atoms with Gasteiger partial charge in [0.05, 0.1) is 11.3 Å². The second-order valence-electron chi connectivity index (χ2n) is 4.93. The molecule has 0 aliphatic carbocycles. The van der Waals surface area contributed by atoms with Crippen LogP contribution in [0.2, 0.25) is 0 Å². The molecule has 0 unspecified atom stereocenters. The van der Waals surface area contributed by atoms with Gasteiger partial charge in [0.25, 0.3) is 0 Å². The molecule has 4 nitrogen and oxygen atoms in total. The third kappa shape index (κ3) is 2.05. The number of aromatic carboxylic acids is 1. The standard InChI is InChI=1S/C16H14N2O2/c1-10-3-4-11(2)13(7-10)14-9-18-8-12(16(19)20)5-6-15(18)17-14/h3-9H,1-2H3,(H,19,20). The minimum atomic E-state index is -0.936. The number of carboxylic acid groups (broad SMARTS) is 1. The van der Waals surface area contributed by atoms with Gasteiger partial charge in [0, 0.05) is 18.0 Å². The van der Waals surface area contributed by atoms with Gasteiger partial charge in [-0.1, -0.05) is 17.7 Å². The molecule has 0 atom stereocenters. The number of imidazole rings is 1. The van der Waals surface area contributed by atoms with E-state index in [0.717, 1.165) is 22.5 Å². The van der Waals surface area contributed by atoms with Gasteiger partial charge in [0.2, 0.25) is 0 Å². The summed E-state index contributed by atoms with van der Waals surface area (Å²) in [6, 6.07) is 9.51. The average Bonchev–Trinajstić information content (AvgIpc) is 2.83. The van der Waals surface area contributed by atoms with Crippen LogP contribution in [0, 0.1) is 13.8 Å². The lowest BCUT2D eigenvalue weighted by Gasteiger charge is -2.03. The zero-order valence-electron chi connectivity index (χ0n) is 11.3. The Morgan fingerprint density at radius 3 is 2.70 bits per heavy atom. The predicted octanol–water partition coefficient (Wildman–Crippen LogP) is 3.32. The summed E-state index contributed by atoms with van der Waals surface area (Å²) in [4.78, 5) is 15.5. The highest BCUT2D eigenvalue weighted by atomic mass is 16.4. The van der Waals surface area contributed by atoms with Crippen molar-refractivity contribution in [2.24, 2.45) is 0 Å². The maximum absolute atomic E-state index is 11.0. The maximum atomic E-state index is 11.0. The van der Waals surface area contributed by atoms with E-state index in [2.05, 4.69) is 23.2 Å². The molecule has 4 heteroatoms. The second-order valence-corrected chi connectivity index (χ2v) is 4.93. The van der Waals surface area contributed by atoms with Gasteiger partial charge in [0.15, 0.2) is 0 Å². The summed E-state index contributed by atoms with van der Waals surface area (Å²) in [6.45, 7) is 4.09. The van der Waals surface area contributed by atoms with Gasteiger partial charge in [0.1, 0.15) is 5.65 Å². The van der Waals surface area contributed by atoms with Gasteiger partial charge in [-0.15, -0.1) is 0 Å². The minimum Gasteiger partial charge on any atom is -0.478 e. The molecule has 2 aromatic heterocycles.